The summed E-state index contributed by atoms with van der Waals surface area (Å²) < 4.78 is 63.7. The highest BCUT2D eigenvalue weighted by molar-refractivity contribution is 7.92. The van der Waals surface area contributed by atoms with Gasteiger partial charge in [-0.1, -0.05) is 24.3 Å². The Bertz CT molecular complexity index is 882. The number of sulfone groups is 1. The molecule has 4 rings (SSSR count). The van der Waals surface area contributed by atoms with Crippen LogP contribution in [0.2, 0.25) is 0 Å². The monoisotopic (exact) mass is 401 g/mol. The Labute approximate surface area is 156 Å². The van der Waals surface area contributed by atoms with Crippen molar-refractivity contribution in [1.29, 1.82) is 0 Å². The number of ketones is 1. The summed E-state index contributed by atoms with van der Waals surface area (Å²) in [4.78, 5) is 12.8. The molecule has 0 spiro atoms. The number of alkyl halides is 3. The summed E-state index contributed by atoms with van der Waals surface area (Å²) in [6.07, 6.45) is 2.66. The summed E-state index contributed by atoms with van der Waals surface area (Å²) in [5.41, 5.74) is 1.13. The molecule has 0 heterocycles. The molecule has 3 aliphatic carbocycles. The quantitative estimate of drug-likeness (QED) is 0.825. The zero-order valence-electron chi connectivity index (χ0n) is 14.7. The van der Waals surface area contributed by atoms with Crippen molar-refractivity contribution in [3.05, 3.63) is 35.4 Å². The molecule has 0 aromatic heterocycles. The summed E-state index contributed by atoms with van der Waals surface area (Å²) in [6, 6.07) is 8.02. The second-order valence-corrected chi connectivity index (χ2v) is 10.1. The molecule has 148 valence electrons. The van der Waals surface area contributed by atoms with Crippen molar-refractivity contribution in [3.8, 4) is 0 Å². The minimum absolute atomic E-state index is 0.00502. The van der Waals surface area contributed by atoms with Gasteiger partial charge in [-0.05, 0) is 61.0 Å². The molecule has 2 saturated carbocycles. The van der Waals surface area contributed by atoms with Gasteiger partial charge >= 0.3 is 5.51 Å². The Kier molecular flexibility index (Phi) is 4.24. The van der Waals surface area contributed by atoms with Crippen molar-refractivity contribution in [2.24, 2.45) is 23.0 Å². The van der Waals surface area contributed by atoms with Crippen LogP contribution in [-0.2, 0) is 21.1 Å². The van der Waals surface area contributed by atoms with Gasteiger partial charge in [0.2, 0.25) is 0 Å². The Morgan fingerprint density at radius 2 is 1.81 bits per heavy atom. The van der Waals surface area contributed by atoms with E-state index < -0.39 is 37.8 Å². The van der Waals surface area contributed by atoms with Crippen molar-refractivity contribution < 1.29 is 26.4 Å². The van der Waals surface area contributed by atoms with Crippen molar-refractivity contribution in [2.45, 2.75) is 55.3 Å². The Balaban J connectivity index is 1.76. The van der Waals surface area contributed by atoms with E-state index in [0.717, 1.165) is 12.8 Å². The highest BCUT2D eigenvalue weighted by Crippen LogP contribution is 2.61. The average Bonchev–Trinajstić information content (AvgIpc) is 2.97. The number of aryl methyl sites for hydroxylation is 1. The normalized spacial score (nSPS) is 34.5. The number of rotatable bonds is 2. The molecule has 1 aromatic rings. The first kappa shape index (κ1) is 18.9. The van der Waals surface area contributed by atoms with Crippen molar-refractivity contribution in [1.82, 2.24) is 0 Å². The van der Waals surface area contributed by atoms with E-state index in [1.54, 1.807) is 0 Å². The summed E-state index contributed by atoms with van der Waals surface area (Å²) in [5.74, 6) is -0.677. The summed E-state index contributed by atoms with van der Waals surface area (Å²) in [7, 11) is -5.61. The third-order valence-corrected chi connectivity index (χ3v) is 8.87. The maximum absolute atomic E-state index is 13.2. The number of carbonyl (C=O) groups is 1. The highest BCUT2D eigenvalue weighted by Gasteiger charge is 2.66. The zero-order chi connectivity index (χ0) is 19.6. The van der Waals surface area contributed by atoms with Crippen molar-refractivity contribution in [3.63, 3.8) is 0 Å². The van der Waals surface area contributed by atoms with Crippen LogP contribution < -0.4 is 5.73 Å². The predicted molar refractivity (Wildman–Crippen MR) is 93.3 cm³/mol. The first-order chi connectivity index (χ1) is 12.6. The van der Waals surface area contributed by atoms with E-state index in [1.807, 2.05) is 18.2 Å². The van der Waals surface area contributed by atoms with Crippen molar-refractivity contribution in [2.75, 3.05) is 0 Å². The molecule has 3 aliphatic rings. The van der Waals surface area contributed by atoms with Crippen LogP contribution in [0.4, 0.5) is 13.2 Å². The molecular formula is C19H22F3NO3S. The number of Topliss-reactive ketones (excluding diaryl/α,β-unsaturated/α-hetero) is 1. The number of benzene rings is 1. The van der Waals surface area contributed by atoms with Gasteiger partial charge in [-0.25, -0.2) is 8.42 Å². The average molecular weight is 401 g/mol. The SMILES string of the molecule is NC([C@]12CC[C@@H]3c4ccccc4CC[C@H]3[C@@H]1CCC2=O)S(=O)(=O)C(F)(F)F. The Morgan fingerprint density at radius 1 is 1.11 bits per heavy atom. The third-order valence-electron chi connectivity index (χ3n) is 7.13. The van der Waals surface area contributed by atoms with E-state index in [0.29, 0.717) is 12.8 Å². The van der Waals surface area contributed by atoms with Gasteiger partial charge in [0.05, 0.1) is 5.41 Å². The number of fused-ring (bicyclic) bond motifs is 5. The number of hydrogen-bond acceptors (Lipinski definition) is 4. The molecule has 0 aliphatic heterocycles. The molecule has 4 nitrogen and oxygen atoms in total. The molecule has 1 unspecified atom stereocenters. The first-order valence-electron chi connectivity index (χ1n) is 9.27. The summed E-state index contributed by atoms with van der Waals surface area (Å²) in [6.45, 7) is 0. The summed E-state index contributed by atoms with van der Waals surface area (Å²) in [5, 5.41) is -2.22. The lowest BCUT2D eigenvalue weighted by Gasteiger charge is -2.51. The van der Waals surface area contributed by atoms with Gasteiger partial charge in [-0.15, -0.1) is 0 Å². The largest absolute Gasteiger partial charge is 0.498 e. The predicted octanol–water partition coefficient (Wildman–Crippen LogP) is 3.31. The minimum Gasteiger partial charge on any atom is -0.314 e. The van der Waals surface area contributed by atoms with Crippen LogP contribution in [-0.4, -0.2) is 25.1 Å². The number of nitrogens with two attached hydrogens (primary N) is 1. The van der Waals surface area contributed by atoms with Crippen LogP contribution in [0.5, 0.6) is 0 Å². The molecule has 1 aromatic carbocycles. The van der Waals surface area contributed by atoms with Gasteiger partial charge in [0.25, 0.3) is 9.84 Å². The molecule has 0 radical (unpaired) electrons. The molecule has 8 heteroatoms. The van der Waals surface area contributed by atoms with Crippen LogP contribution >= 0.6 is 0 Å². The van der Waals surface area contributed by atoms with Gasteiger partial charge in [0, 0.05) is 6.42 Å². The van der Waals surface area contributed by atoms with Gasteiger partial charge in [0.1, 0.15) is 11.2 Å². The van der Waals surface area contributed by atoms with Gasteiger partial charge in [-0.3, -0.25) is 4.79 Å². The third kappa shape index (κ3) is 2.52. The molecular weight excluding hydrogens is 379 g/mol. The fraction of sp³-hybridized carbons (Fsp3) is 0.632. The number of halogens is 3. The standard InChI is InChI=1S/C19H22F3NO3S/c20-19(21,22)27(25,26)17(23)18-10-9-13-12-4-2-1-3-11(12)5-6-14(13)15(18)7-8-16(18)24/h1-4,13-15,17H,5-10,23H2/t13-,14-,15+,17?,18-/m1/s1. The lowest BCUT2D eigenvalue weighted by Crippen LogP contribution is -2.59. The molecule has 2 N–H and O–H groups in total. The Morgan fingerprint density at radius 3 is 2.52 bits per heavy atom. The van der Waals surface area contributed by atoms with Gasteiger partial charge in [-0.2, -0.15) is 13.2 Å². The van der Waals surface area contributed by atoms with E-state index in [2.05, 4.69) is 6.07 Å². The maximum atomic E-state index is 13.2. The van der Waals surface area contributed by atoms with Crippen LogP contribution in [0, 0.1) is 17.3 Å². The Hall–Kier alpha value is -1.41. The second-order valence-electron chi connectivity index (χ2n) is 8.07. The molecule has 0 saturated heterocycles. The van der Waals surface area contributed by atoms with Crippen LogP contribution in [0.25, 0.3) is 0 Å². The lowest BCUT2D eigenvalue weighted by atomic mass is 9.55. The number of hydrogen-bond donors (Lipinski definition) is 1. The molecule has 0 amide bonds. The van der Waals surface area contributed by atoms with E-state index in [9.17, 15) is 26.4 Å². The van der Waals surface area contributed by atoms with E-state index in [4.69, 9.17) is 5.73 Å². The smallest absolute Gasteiger partial charge is 0.314 e. The fourth-order valence-electron chi connectivity index (χ4n) is 5.96. The minimum atomic E-state index is -5.61. The molecule has 27 heavy (non-hydrogen) atoms. The van der Waals surface area contributed by atoms with E-state index in [-0.39, 0.29) is 24.7 Å². The molecule has 5 atom stereocenters. The van der Waals surface area contributed by atoms with E-state index in [1.165, 1.54) is 11.1 Å². The van der Waals surface area contributed by atoms with Crippen LogP contribution in [0.1, 0.15) is 49.1 Å². The summed E-state index contributed by atoms with van der Waals surface area (Å²) >= 11 is 0. The van der Waals surface area contributed by atoms with E-state index >= 15 is 0 Å². The first-order valence-corrected chi connectivity index (χ1v) is 10.8. The number of carbonyl (C=O) groups excluding carboxylic acids is 1. The molecule has 2 fully saturated rings. The lowest BCUT2D eigenvalue weighted by molar-refractivity contribution is -0.131. The fourth-order valence-corrected chi connectivity index (χ4v) is 7.23. The zero-order valence-corrected chi connectivity index (χ0v) is 15.5. The topological polar surface area (TPSA) is 77.2 Å². The van der Waals surface area contributed by atoms with Gasteiger partial charge in [0.15, 0.2) is 0 Å². The highest BCUT2D eigenvalue weighted by atomic mass is 32.2. The maximum Gasteiger partial charge on any atom is 0.498 e. The van der Waals surface area contributed by atoms with Crippen LogP contribution in [0.3, 0.4) is 0 Å². The second kappa shape index (κ2) is 6.04. The van der Waals surface area contributed by atoms with Crippen molar-refractivity contribution >= 4 is 15.6 Å². The van der Waals surface area contributed by atoms with Crippen LogP contribution in [0.15, 0.2) is 24.3 Å². The molecule has 0 bridgehead atoms. The van der Waals surface area contributed by atoms with Gasteiger partial charge < -0.3 is 5.73 Å².